The summed E-state index contributed by atoms with van der Waals surface area (Å²) in [5.74, 6) is 1.23. The molecular formula is C22H27N2+. The first-order valence-electron chi connectivity index (χ1n) is 8.83. The lowest BCUT2D eigenvalue weighted by atomic mass is 9.75. The van der Waals surface area contributed by atoms with Gasteiger partial charge < -0.3 is 0 Å². The van der Waals surface area contributed by atoms with Crippen molar-refractivity contribution in [1.82, 2.24) is 4.57 Å². The summed E-state index contributed by atoms with van der Waals surface area (Å²) in [6, 6.07) is 19.4. The van der Waals surface area contributed by atoms with Gasteiger partial charge in [-0.2, -0.15) is 4.57 Å². The van der Waals surface area contributed by atoms with Gasteiger partial charge in [0, 0.05) is 0 Å². The van der Waals surface area contributed by atoms with Crippen LogP contribution in [0.2, 0.25) is 0 Å². The summed E-state index contributed by atoms with van der Waals surface area (Å²) >= 11 is 0. The van der Waals surface area contributed by atoms with Crippen molar-refractivity contribution in [3.05, 3.63) is 72.6 Å². The highest BCUT2D eigenvalue weighted by Crippen LogP contribution is 2.37. The zero-order valence-electron chi connectivity index (χ0n) is 15.2. The lowest BCUT2D eigenvalue weighted by Gasteiger charge is -2.29. The van der Waals surface area contributed by atoms with Crippen LogP contribution in [0.15, 0.2) is 67.0 Å². The summed E-state index contributed by atoms with van der Waals surface area (Å²) < 4.78 is 4.50. The Labute approximate surface area is 145 Å². The summed E-state index contributed by atoms with van der Waals surface area (Å²) in [4.78, 5) is 0. The molecule has 0 fully saturated rings. The smallest absolute Gasteiger partial charge is 0.232 e. The molecule has 3 aromatic rings. The van der Waals surface area contributed by atoms with E-state index >= 15 is 0 Å². The number of para-hydroxylation sites is 1. The summed E-state index contributed by atoms with van der Waals surface area (Å²) in [7, 11) is 2.13. The first-order valence-corrected chi connectivity index (χ1v) is 8.83. The minimum atomic E-state index is 0.190. The van der Waals surface area contributed by atoms with Crippen LogP contribution >= 0.6 is 0 Å². The molecule has 0 unspecified atom stereocenters. The Hall–Kier alpha value is -2.35. The Balaban J connectivity index is 2.24. The van der Waals surface area contributed by atoms with Crippen molar-refractivity contribution < 1.29 is 4.57 Å². The molecular weight excluding hydrogens is 292 g/mol. The molecule has 0 saturated carbocycles. The summed E-state index contributed by atoms with van der Waals surface area (Å²) in [6.07, 6.45) is 6.55. The SMILES string of the molecule is CCC(C)(CC)c1ccccc1-c1n(-c2ccccc2)cc[n+]1C. The van der Waals surface area contributed by atoms with Crippen LogP contribution in [0.25, 0.3) is 17.1 Å². The third-order valence-electron chi connectivity index (χ3n) is 5.41. The average Bonchev–Trinajstić information content (AvgIpc) is 3.03. The van der Waals surface area contributed by atoms with Crippen molar-refractivity contribution in [1.29, 1.82) is 0 Å². The number of aryl methyl sites for hydroxylation is 1. The molecule has 0 amide bonds. The monoisotopic (exact) mass is 319 g/mol. The zero-order valence-corrected chi connectivity index (χ0v) is 15.2. The number of rotatable bonds is 5. The standard InChI is InChI=1S/C22H27N2/c1-5-22(3,6-2)20-15-11-10-14-19(20)21-23(4)16-17-24(21)18-12-8-7-9-13-18/h7-17H,5-6H2,1-4H3/q+1. The maximum Gasteiger partial charge on any atom is 0.294 e. The van der Waals surface area contributed by atoms with Crippen molar-refractivity contribution in [2.24, 2.45) is 7.05 Å². The Bertz CT molecular complexity index is 811. The van der Waals surface area contributed by atoms with E-state index in [1.165, 1.54) is 22.6 Å². The minimum Gasteiger partial charge on any atom is -0.232 e. The second-order valence-electron chi connectivity index (χ2n) is 6.75. The van der Waals surface area contributed by atoms with Crippen molar-refractivity contribution in [3.8, 4) is 17.1 Å². The van der Waals surface area contributed by atoms with E-state index in [4.69, 9.17) is 0 Å². The molecule has 0 radical (unpaired) electrons. The van der Waals surface area contributed by atoms with Gasteiger partial charge in [0.15, 0.2) is 0 Å². The molecule has 0 spiro atoms. The van der Waals surface area contributed by atoms with Crippen LogP contribution in [0, 0.1) is 0 Å². The Morgan fingerprint density at radius 3 is 2.21 bits per heavy atom. The van der Waals surface area contributed by atoms with E-state index in [-0.39, 0.29) is 5.41 Å². The molecule has 1 heterocycles. The molecule has 1 aromatic heterocycles. The molecule has 0 bridgehead atoms. The lowest BCUT2D eigenvalue weighted by molar-refractivity contribution is -0.659. The van der Waals surface area contributed by atoms with Gasteiger partial charge >= 0.3 is 0 Å². The maximum absolute atomic E-state index is 2.38. The van der Waals surface area contributed by atoms with Crippen LogP contribution in [0.5, 0.6) is 0 Å². The average molecular weight is 319 g/mol. The fourth-order valence-electron chi connectivity index (χ4n) is 3.43. The van der Waals surface area contributed by atoms with Crippen LogP contribution in [0.1, 0.15) is 39.2 Å². The van der Waals surface area contributed by atoms with Crippen LogP contribution in [-0.2, 0) is 12.5 Å². The van der Waals surface area contributed by atoms with Gasteiger partial charge in [0.2, 0.25) is 0 Å². The quantitative estimate of drug-likeness (QED) is 0.582. The van der Waals surface area contributed by atoms with Gasteiger partial charge in [-0.15, -0.1) is 0 Å². The molecule has 24 heavy (non-hydrogen) atoms. The van der Waals surface area contributed by atoms with E-state index in [9.17, 15) is 0 Å². The van der Waals surface area contributed by atoms with Gasteiger partial charge in [0.05, 0.1) is 12.6 Å². The third kappa shape index (κ3) is 2.77. The van der Waals surface area contributed by atoms with Crippen molar-refractivity contribution in [3.63, 3.8) is 0 Å². The molecule has 2 nitrogen and oxygen atoms in total. The van der Waals surface area contributed by atoms with Crippen LogP contribution in [-0.4, -0.2) is 4.57 Å². The number of hydrogen-bond acceptors (Lipinski definition) is 0. The van der Waals surface area contributed by atoms with Gasteiger partial charge in [-0.1, -0.05) is 57.2 Å². The van der Waals surface area contributed by atoms with E-state index in [0.717, 1.165) is 12.8 Å². The molecule has 0 aliphatic rings. The minimum absolute atomic E-state index is 0.190. The molecule has 0 N–H and O–H groups in total. The van der Waals surface area contributed by atoms with Gasteiger partial charge in [-0.3, -0.25) is 0 Å². The van der Waals surface area contributed by atoms with E-state index in [1.54, 1.807) is 0 Å². The highest BCUT2D eigenvalue weighted by molar-refractivity contribution is 5.62. The number of benzene rings is 2. The summed E-state index contributed by atoms with van der Waals surface area (Å²) in [5, 5.41) is 0. The molecule has 0 atom stereocenters. The molecule has 0 saturated heterocycles. The number of hydrogen-bond donors (Lipinski definition) is 0. The van der Waals surface area contributed by atoms with Gasteiger partial charge in [0.25, 0.3) is 5.82 Å². The number of imidazole rings is 1. The van der Waals surface area contributed by atoms with Gasteiger partial charge in [-0.05, 0) is 42.0 Å². The molecule has 124 valence electrons. The second kappa shape index (κ2) is 6.64. The predicted octanol–water partition coefficient (Wildman–Crippen LogP) is 5.05. The number of nitrogens with zero attached hydrogens (tertiary/aromatic N) is 2. The van der Waals surface area contributed by atoms with Crippen LogP contribution in [0.4, 0.5) is 0 Å². The largest absolute Gasteiger partial charge is 0.294 e. The zero-order chi connectivity index (χ0) is 17.2. The van der Waals surface area contributed by atoms with Crippen molar-refractivity contribution >= 4 is 0 Å². The maximum atomic E-state index is 2.38. The predicted molar refractivity (Wildman–Crippen MR) is 100 cm³/mol. The Morgan fingerprint density at radius 1 is 0.917 bits per heavy atom. The van der Waals surface area contributed by atoms with Crippen LogP contribution < -0.4 is 4.57 Å². The summed E-state index contributed by atoms with van der Waals surface area (Å²) in [6.45, 7) is 6.95. The highest BCUT2D eigenvalue weighted by atomic mass is 15.1. The first kappa shape index (κ1) is 16.5. The molecule has 0 aliphatic carbocycles. The summed E-state index contributed by atoms with van der Waals surface area (Å²) in [5.41, 5.74) is 4.13. The van der Waals surface area contributed by atoms with E-state index in [2.05, 4.69) is 104 Å². The number of aromatic nitrogens is 2. The van der Waals surface area contributed by atoms with E-state index < -0.39 is 0 Å². The Kier molecular flexibility index (Phi) is 4.57. The van der Waals surface area contributed by atoms with Crippen molar-refractivity contribution in [2.75, 3.05) is 0 Å². The normalized spacial score (nSPS) is 11.7. The third-order valence-corrected chi connectivity index (χ3v) is 5.41. The van der Waals surface area contributed by atoms with E-state index in [0.29, 0.717) is 0 Å². The van der Waals surface area contributed by atoms with Crippen molar-refractivity contribution in [2.45, 2.75) is 39.0 Å². The van der Waals surface area contributed by atoms with Gasteiger partial charge in [0.1, 0.15) is 18.1 Å². The lowest BCUT2D eigenvalue weighted by Crippen LogP contribution is -2.31. The molecule has 0 aliphatic heterocycles. The molecule has 3 rings (SSSR count). The second-order valence-corrected chi connectivity index (χ2v) is 6.75. The Morgan fingerprint density at radius 2 is 1.54 bits per heavy atom. The molecule has 2 heteroatoms. The first-order chi connectivity index (χ1) is 11.6. The fraction of sp³-hybridized carbons (Fsp3) is 0.318. The topological polar surface area (TPSA) is 8.81 Å². The van der Waals surface area contributed by atoms with Crippen LogP contribution in [0.3, 0.4) is 0 Å². The molecule has 2 aromatic carbocycles. The highest BCUT2D eigenvalue weighted by Gasteiger charge is 2.30. The van der Waals surface area contributed by atoms with Gasteiger partial charge in [-0.25, -0.2) is 4.57 Å². The van der Waals surface area contributed by atoms with E-state index in [1.807, 2.05) is 0 Å². The fourth-order valence-corrected chi connectivity index (χ4v) is 3.43.